The van der Waals surface area contributed by atoms with E-state index in [0.29, 0.717) is 17.9 Å². The van der Waals surface area contributed by atoms with Crippen LogP contribution in [0.3, 0.4) is 0 Å². The molecule has 0 unspecified atom stereocenters. The zero-order valence-electron chi connectivity index (χ0n) is 14.0. The molecule has 3 rings (SSSR count). The summed E-state index contributed by atoms with van der Waals surface area (Å²) < 4.78 is 28.7. The summed E-state index contributed by atoms with van der Waals surface area (Å²) in [7, 11) is -3.83. The van der Waals surface area contributed by atoms with Crippen LogP contribution in [-0.2, 0) is 21.4 Å². The molecule has 0 bridgehead atoms. The molecule has 8 nitrogen and oxygen atoms in total. The van der Waals surface area contributed by atoms with E-state index in [2.05, 4.69) is 10.1 Å². The lowest BCUT2D eigenvalue weighted by Gasteiger charge is -2.16. The molecule has 0 amide bonds. The lowest BCUT2D eigenvalue weighted by atomic mass is 9.93. The Morgan fingerprint density at radius 3 is 2.72 bits per heavy atom. The Bertz CT molecular complexity index is 879. The van der Waals surface area contributed by atoms with E-state index in [9.17, 15) is 18.3 Å². The Morgan fingerprint density at radius 1 is 1.36 bits per heavy atom. The van der Waals surface area contributed by atoms with E-state index in [1.807, 2.05) is 6.92 Å². The van der Waals surface area contributed by atoms with Crippen LogP contribution in [0.5, 0.6) is 0 Å². The van der Waals surface area contributed by atoms with Gasteiger partial charge in [0.05, 0.1) is 11.6 Å². The summed E-state index contributed by atoms with van der Waals surface area (Å²) in [5.74, 6) is -2.33. The molecule has 2 atom stereocenters. The van der Waals surface area contributed by atoms with Crippen LogP contribution in [0.2, 0.25) is 0 Å². The first-order valence-electron chi connectivity index (χ1n) is 8.03. The van der Waals surface area contributed by atoms with Gasteiger partial charge in [-0.15, -0.1) is 0 Å². The Morgan fingerprint density at radius 2 is 2.12 bits per heavy atom. The zero-order chi connectivity index (χ0) is 18.2. The van der Waals surface area contributed by atoms with Gasteiger partial charge in [0.2, 0.25) is 0 Å². The van der Waals surface area contributed by atoms with Gasteiger partial charge in [-0.3, -0.25) is 14.5 Å². The summed E-state index contributed by atoms with van der Waals surface area (Å²) in [6, 6.07) is 6.76. The third-order valence-corrected chi connectivity index (χ3v) is 6.28. The molecular weight excluding hydrogens is 344 g/mol. The average molecular weight is 364 g/mol. The first-order valence-corrected chi connectivity index (χ1v) is 9.47. The first-order chi connectivity index (χ1) is 11.8. The van der Waals surface area contributed by atoms with Crippen molar-refractivity contribution in [2.45, 2.75) is 31.3 Å². The van der Waals surface area contributed by atoms with Gasteiger partial charge in [-0.1, -0.05) is 6.07 Å². The number of aryl methyl sites for hydroxylation is 2. The van der Waals surface area contributed by atoms with Gasteiger partial charge in [-0.25, -0.2) is 8.42 Å². The van der Waals surface area contributed by atoms with Crippen molar-refractivity contribution in [3.05, 3.63) is 41.9 Å². The highest BCUT2D eigenvalue weighted by molar-refractivity contribution is 7.89. The number of sulfonamides is 1. The minimum Gasteiger partial charge on any atom is -0.481 e. The molecule has 2 aromatic heterocycles. The van der Waals surface area contributed by atoms with Crippen molar-refractivity contribution in [3.8, 4) is 0 Å². The Labute approximate surface area is 146 Å². The highest BCUT2D eigenvalue weighted by Crippen LogP contribution is 2.35. The molecule has 0 spiro atoms. The van der Waals surface area contributed by atoms with E-state index in [0.717, 1.165) is 0 Å². The van der Waals surface area contributed by atoms with Gasteiger partial charge < -0.3 is 5.11 Å². The van der Waals surface area contributed by atoms with Gasteiger partial charge in [0.1, 0.15) is 0 Å². The summed E-state index contributed by atoms with van der Waals surface area (Å²) >= 11 is 0. The predicted molar refractivity (Wildman–Crippen MR) is 89.5 cm³/mol. The molecule has 1 aliphatic rings. The Hall–Kier alpha value is -2.26. The van der Waals surface area contributed by atoms with E-state index in [-0.39, 0.29) is 18.1 Å². The normalized spacial score (nSPS) is 21.5. The lowest BCUT2D eigenvalue weighted by Crippen LogP contribution is -2.31. The molecule has 134 valence electrons. The average Bonchev–Trinajstić information content (AvgIpc) is 3.20. The minimum atomic E-state index is -3.83. The molecule has 9 heteroatoms. The first kappa shape index (κ1) is 17.6. The molecule has 0 aromatic carbocycles. The smallest absolute Gasteiger partial charge is 0.308 e. The van der Waals surface area contributed by atoms with Crippen LogP contribution in [0.4, 0.5) is 0 Å². The molecule has 3 heterocycles. The summed E-state index contributed by atoms with van der Waals surface area (Å²) in [6.45, 7) is 3.97. The monoisotopic (exact) mass is 364 g/mol. The molecule has 2 aromatic rings. The number of carboxylic acids is 1. The van der Waals surface area contributed by atoms with Crippen LogP contribution in [0.25, 0.3) is 0 Å². The van der Waals surface area contributed by atoms with E-state index in [1.54, 1.807) is 31.3 Å². The molecule has 25 heavy (non-hydrogen) atoms. The van der Waals surface area contributed by atoms with Crippen LogP contribution >= 0.6 is 0 Å². The number of hydrogen-bond acceptors (Lipinski definition) is 5. The van der Waals surface area contributed by atoms with Gasteiger partial charge in [-0.05, 0) is 32.0 Å². The Balaban J connectivity index is 1.97. The molecule has 0 aliphatic carbocycles. The second kappa shape index (κ2) is 6.57. The molecule has 0 radical (unpaired) electrons. The molecule has 1 fully saturated rings. The molecule has 1 N–H and O–H groups in total. The number of carboxylic acid groups (broad SMARTS) is 1. The summed E-state index contributed by atoms with van der Waals surface area (Å²) in [4.78, 5) is 15.9. The number of nitrogens with zero attached hydrogens (tertiary/aromatic N) is 4. The van der Waals surface area contributed by atoms with Gasteiger partial charge in [0.25, 0.3) is 10.0 Å². The predicted octanol–water partition coefficient (Wildman–Crippen LogP) is 1.10. The second-order valence-electron chi connectivity index (χ2n) is 6.07. The van der Waals surface area contributed by atoms with E-state index in [1.165, 1.54) is 15.1 Å². The number of aromatic nitrogens is 3. The standard InChI is InChI=1S/C16H20N4O4S/c1-3-20-15(8-11(2)18-20)25(23,24)19-9-12(13(10-19)16(21)22)14-6-4-5-7-17-14/h4-8,12-13H,3,9-10H2,1-2H3,(H,21,22)/t12-,13-/m1/s1. The number of aliphatic carboxylic acids is 1. The van der Waals surface area contributed by atoms with Gasteiger partial charge in [-0.2, -0.15) is 9.40 Å². The highest BCUT2D eigenvalue weighted by atomic mass is 32.2. The van der Waals surface area contributed by atoms with Crippen molar-refractivity contribution in [1.29, 1.82) is 0 Å². The molecule has 0 saturated carbocycles. The molecular formula is C16H20N4O4S. The fraction of sp³-hybridized carbons (Fsp3) is 0.438. The van der Waals surface area contributed by atoms with Crippen molar-refractivity contribution in [1.82, 2.24) is 19.1 Å². The fourth-order valence-electron chi connectivity index (χ4n) is 3.20. The van der Waals surface area contributed by atoms with Crippen LogP contribution in [0, 0.1) is 12.8 Å². The molecule has 1 saturated heterocycles. The van der Waals surface area contributed by atoms with Crippen LogP contribution in [0.15, 0.2) is 35.5 Å². The fourth-order valence-corrected chi connectivity index (χ4v) is 4.93. The van der Waals surface area contributed by atoms with Crippen molar-refractivity contribution in [2.75, 3.05) is 13.1 Å². The molecule has 1 aliphatic heterocycles. The third-order valence-electron chi connectivity index (χ3n) is 4.44. The number of pyridine rings is 1. The number of carbonyl (C=O) groups is 1. The van der Waals surface area contributed by atoms with Crippen molar-refractivity contribution in [2.24, 2.45) is 5.92 Å². The number of hydrogen-bond donors (Lipinski definition) is 1. The Kier molecular flexibility index (Phi) is 4.61. The van der Waals surface area contributed by atoms with E-state index >= 15 is 0 Å². The van der Waals surface area contributed by atoms with Crippen LogP contribution in [-0.4, -0.2) is 51.7 Å². The van der Waals surface area contributed by atoms with Gasteiger partial charge >= 0.3 is 5.97 Å². The second-order valence-corrected chi connectivity index (χ2v) is 7.95. The third kappa shape index (κ3) is 3.16. The van der Waals surface area contributed by atoms with Crippen LogP contribution in [0.1, 0.15) is 24.2 Å². The van der Waals surface area contributed by atoms with Crippen molar-refractivity contribution < 1.29 is 18.3 Å². The van der Waals surface area contributed by atoms with Gasteiger partial charge in [0.15, 0.2) is 5.03 Å². The highest BCUT2D eigenvalue weighted by Gasteiger charge is 2.45. The largest absolute Gasteiger partial charge is 0.481 e. The van der Waals surface area contributed by atoms with E-state index < -0.39 is 27.8 Å². The summed E-state index contributed by atoms with van der Waals surface area (Å²) in [6.07, 6.45) is 1.58. The summed E-state index contributed by atoms with van der Waals surface area (Å²) in [5, 5.41) is 13.8. The minimum absolute atomic E-state index is 0.0765. The van der Waals surface area contributed by atoms with Crippen molar-refractivity contribution in [3.63, 3.8) is 0 Å². The maximum Gasteiger partial charge on any atom is 0.308 e. The number of rotatable bonds is 5. The topological polar surface area (TPSA) is 105 Å². The zero-order valence-corrected chi connectivity index (χ0v) is 14.8. The quantitative estimate of drug-likeness (QED) is 0.851. The van der Waals surface area contributed by atoms with Crippen LogP contribution < -0.4 is 0 Å². The van der Waals surface area contributed by atoms with E-state index in [4.69, 9.17) is 0 Å². The summed E-state index contributed by atoms with van der Waals surface area (Å²) in [5.41, 5.74) is 1.20. The lowest BCUT2D eigenvalue weighted by molar-refractivity contribution is -0.141. The van der Waals surface area contributed by atoms with Gasteiger partial charge in [0, 0.05) is 37.4 Å². The SMILES string of the molecule is CCn1nc(C)cc1S(=O)(=O)N1C[C@@H](C(=O)O)[C@H](c2ccccn2)C1. The maximum atomic E-state index is 13.0. The van der Waals surface area contributed by atoms with Crippen molar-refractivity contribution >= 4 is 16.0 Å². The maximum absolute atomic E-state index is 13.0.